The predicted octanol–water partition coefficient (Wildman–Crippen LogP) is 5.19. The van der Waals surface area contributed by atoms with Crippen molar-refractivity contribution in [3.8, 4) is 0 Å². The number of hydrogen-bond acceptors (Lipinski definition) is 1. The zero-order valence-corrected chi connectivity index (χ0v) is 13.1. The van der Waals surface area contributed by atoms with Crippen LogP contribution in [0.25, 0.3) is 0 Å². The highest BCUT2D eigenvalue weighted by Crippen LogP contribution is 2.50. The molecule has 0 radical (unpaired) electrons. The maximum Gasteiger partial charge on any atom is 0.0374 e. The Morgan fingerprint density at radius 1 is 1.20 bits per heavy atom. The normalized spacial score (nSPS) is 23.5. The average Bonchev–Trinajstić information content (AvgIpc) is 2.88. The number of hydrogen-bond donors (Lipinski definition) is 1. The van der Waals surface area contributed by atoms with Gasteiger partial charge in [0.05, 0.1) is 0 Å². The Morgan fingerprint density at radius 3 is 2.50 bits per heavy atom. The molecule has 0 heterocycles. The third kappa shape index (κ3) is 2.41. The lowest BCUT2D eigenvalue weighted by molar-refractivity contribution is 0.195. The van der Waals surface area contributed by atoms with Gasteiger partial charge in [-0.15, -0.1) is 0 Å². The monoisotopic (exact) mass is 271 g/mol. The summed E-state index contributed by atoms with van der Waals surface area (Å²) in [5.41, 5.74) is 3.60. The van der Waals surface area contributed by atoms with Gasteiger partial charge in [-0.3, -0.25) is 0 Å². The second-order valence-electron chi connectivity index (χ2n) is 6.94. The van der Waals surface area contributed by atoms with Crippen molar-refractivity contribution in [1.82, 2.24) is 5.32 Å². The molecule has 1 unspecified atom stereocenters. The summed E-state index contributed by atoms with van der Waals surface area (Å²) in [6.07, 6.45) is 11.1. The van der Waals surface area contributed by atoms with Gasteiger partial charge in [0.1, 0.15) is 0 Å². The molecule has 1 N–H and O–H groups in total. The van der Waals surface area contributed by atoms with Crippen molar-refractivity contribution >= 4 is 0 Å². The van der Waals surface area contributed by atoms with Gasteiger partial charge < -0.3 is 5.32 Å². The quantitative estimate of drug-likeness (QED) is 0.777. The highest BCUT2D eigenvalue weighted by molar-refractivity contribution is 5.31. The lowest BCUT2D eigenvalue weighted by Gasteiger charge is -2.38. The van der Waals surface area contributed by atoms with Crippen molar-refractivity contribution in [2.75, 3.05) is 7.05 Å². The van der Waals surface area contributed by atoms with Crippen molar-refractivity contribution in [1.29, 1.82) is 0 Å². The molecule has 2 aliphatic carbocycles. The van der Waals surface area contributed by atoms with Gasteiger partial charge in [-0.2, -0.15) is 0 Å². The van der Waals surface area contributed by atoms with Crippen LogP contribution in [0.15, 0.2) is 24.3 Å². The van der Waals surface area contributed by atoms with E-state index in [2.05, 4.69) is 43.6 Å². The van der Waals surface area contributed by atoms with E-state index < -0.39 is 0 Å². The summed E-state index contributed by atoms with van der Waals surface area (Å²) in [6.45, 7) is 2.38. The minimum Gasteiger partial charge on any atom is -0.313 e. The Morgan fingerprint density at radius 2 is 1.95 bits per heavy atom. The SMILES string of the molecule is CCC1(C(NC)c2cccc(C3CCC3)c2)CCCC1. The molecule has 0 bridgehead atoms. The third-order valence-corrected chi connectivity index (χ3v) is 6.03. The van der Waals surface area contributed by atoms with Crippen LogP contribution in [0.2, 0.25) is 0 Å². The fourth-order valence-electron chi connectivity index (χ4n) is 4.49. The summed E-state index contributed by atoms with van der Waals surface area (Å²) < 4.78 is 0. The van der Waals surface area contributed by atoms with Crippen LogP contribution in [0.3, 0.4) is 0 Å². The average molecular weight is 271 g/mol. The van der Waals surface area contributed by atoms with Crippen molar-refractivity contribution in [3.63, 3.8) is 0 Å². The van der Waals surface area contributed by atoms with E-state index >= 15 is 0 Å². The first-order valence-corrected chi connectivity index (χ1v) is 8.56. The molecule has 2 fully saturated rings. The summed E-state index contributed by atoms with van der Waals surface area (Å²) in [5.74, 6) is 0.841. The van der Waals surface area contributed by atoms with Crippen molar-refractivity contribution in [2.24, 2.45) is 5.41 Å². The molecule has 2 aliphatic rings. The van der Waals surface area contributed by atoms with Crippen LogP contribution in [-0.2, 0) is 0 Å². The van der Waals surface area contributed by atoms with Gasteiger partial charge in [0.2, 0.25) is 0 Å². The predicted molar refractivity (Wildman–Crippen MR) is 86.0 cm³/mol. The molecule has 0 aliphatic heterocycles. The molecule has 0 spiro atoms. The molecule has 0 saturated heterocycles. The molecular formula is C19H29N. The van der Waals surface area contributed by atoms with Crippen LogP contribution in [0.4, 0.5) is 0 Å². The van der Waals surface area contributed by atoms with Crippen LogP contribution in [0.5, 0.6) is 0 Å². The fourth-order valence-corrected chi connectivity index (χ4v) is 4.49. The smallest absolute Gasteiger partial charge is 0.0374 e. The zero-order valence-electron chi connectivity index (χ0n) is 13.1. The fraction of sp³-hybridized carbons (Fsp3) is 0.684. The van der Waals surface area contributed by atoms with E-state index in [-0.39, 0.29) is 0 Å². The summed E-state index contributed by atoms with van der Waals surface area (Å²) in [7, 11) is 2.15. The molecular weight excluding hydrogens is 242 g/mol. The largest absolute Gasteiger partial charge is 0.313 e. The minimum absolute atomic E-state index is 0.493. The molecule has 0 amide bonds. The van der Waals surface area contributed by atoms with Crippen LogP contribution in [-0.4, -0.2) is 7.05 Å². The van der Waals surface area contributed by atoms with E-state index in [4.69, 9.17) is 0 Å². The Bertz CT molecular complexity index is 441. The van der Waals surface area contributed by atoms with Crippen LogP contribution < -0.4 is 5.32 Å². The lowest BCUT2D eigenvalue weighted by Crippen LogP contribution is -2.34. The summed E-state index contributed by atoms with van der Waals surface area (Å²) in [4.78, 5) is 0. The number of nitrogens with one attached hydrogen (secondary N) is 1. The van der Waals surface area contributed by atoms with E-state index in [1.165, 1.54) is 56.9 Å². The maximum atomic E-state index is 3.65. The molecule has 1 nitrogen and oxygen atoms in total. The van der Waals surface area contributed by atoms with Gasteiger partial charge in [-0.1, -0.05) is 50.5 Å². The topological polar surface area (TPSA) is 12.0 Å². The second kappa shape index (κ2) is 5.89. The zero-order chi connectivity index (χ0) is 14.0. The van der Waals surface area contributed by atoms with E-state index in [0.717, 1.165) is 5.92 Å². The summed E-state index contributed by atoms with van der Waals surface area (Å²) in [5, 5.41) is 3.65. The highest BCUT2D eigenvalue weighted by atomic mass is 14.9. The molecule has 1 heteroatoms. The summed E-state index contributed by atoms with van der Waals surface area (Å²) >= 11 is 0. The van der Waals surface area contributed by atoms with Gasteiger partial charge in [0.25, 0.3) is 0 Å². The van der Waals surface area contributed by atoms with Gasteiger partial charge in [0, 0.05) is 6.04 Å². The first-order valence-electron chi connectivity index (χ1n) is 8.56. The minimum atomic E-state index is 0.493. The third-order valence-electron chi connectivity index (χ3n) is 6.03. The van der Waals surface area contributed by atoms with E-state index in [0.29, 0.717) is 11.5 Å². The molecule has 2 saturated carbocycles. The molecule has 0 aromatic heterocycles. The molecule has 20 heavy (non-hydrogen) atoms. The first-order chi connectivity index (χ1) is 9.79. The molecule has 3 rings (SSSR count). The highest BCUT2D eigenvalue weighted by Gasteiger charge is 2.39. The van der Waals surface area contributed by atoms with Gasteiger partial charge in [0.15, 0.2) is 0 Å². The Kier molecular flexibility index (Phi) is 4.16. The number of benzene rings is 1. The maximum absolute atomic E-state index is 3.65. The van der Waals surface area contributed by atoms with Crippen molar-refractivity contribution in [3.05, 3.63) is 35.4 Å². The lowest BCUT2D eigenvalue weighted by atomic mass is 9.72. The molecule has 1 aromatic rings. The van der Waals surface area contributed by atoms with Gasteiger partial charge in [-0.05, 0) is 61.6 Å². The second-order valence-corrected chi connectivity index (χ2v) is 6.94. The van der Waals surface area contributed by atoms with Crippen molar-refractivity contribution in [2.45, 2.75) is 70.3 Å². The number of rotatable bonds is 5. The van der Waals surface area contributed by atoms with Gasteiger partial charge >= 0.3 is 0 Å². The molecule has 1 aromatic carbocycles. The van der Waals surface area contributed by atoms with E-state index in [1.54, 1.807) is 5.56 Å². The van der Waals surface area contributed by atoms with Gasteiger partial charge in [-0.25, -0.2) is 0 Å². The summed E-state index contributed by atoms with van der Waals surface area (Å²) in [6, 6.07) is 10.0. The van der Waals surface area contributed by atoms with E-state index in [9.17, 15) is 0 Å². The Labute approximate surface area is 124 Å². The van der Waals surface area contributed by atoms with E-state index in [1.807, 2.05) is 0 Å². The van der Waals surface area contributed by atoms with Crippen LogP contribution >= 0.6 is 0 Å². The first kappa shape index (κ1) is 14.1. The Hall–Kier alpha value is -0.820. The molecule has 110 valence electrons. The van der Waals surface area contributed by atoms with Crippen molar-refractivity contribution < 1.29 is 0 Å². The van der Waals surface area contributed by atoms with Crippen LogP contribution in [0, 0.1) is 5.41 Å². The van der Waals surface area contributed by atoms with Crippen LogP contribution in [0.1, 0.15) is 81.4 Å². The Balaban J connectivity index is 1.88. The standard InChI is InChI=1S/C19H29N/c1-3-19(12-4-5-13-19)18(20-2)17-11-7-10-16(14-17)15-8-6-9-15/h7,10-11,14-15,18,20H,3-6,8-9,12-13H2,1-2H3. The molecule has 1 atom stereocenters.